The van der Waals surface area contributed by atoms with Crippen molar-refractivity contribution in [2.45, 2.75) is 26.5 Å². The van der Waals surface area contributed by atoms with Gasteiger partial charge in [0.05, 0.1) is 39.2 Å². The lowest BCUT2D eigenvalue weighted by Gasteiger charge is -2.14. The Balaban J connectivity index is 1.24. The summed E-state index contributed by atoms with van der Waals surface area (Å²) in [6.45, 7) is 1.52. The second-order valence-corrected chi connectivity index (χ2v) is 20.1. The van der Waals surface area contributed by atoms with E-state index < -0.39 is 90.0 Å². The van der Waals surface area contributed by atoms with Crippen molar-refractivity contribution in [1.82, 2.24) is 0 Å². The number of benzene rings is 7. The monoisotopic (exact) mass is 1020 g/mol. The Morgan fingerprint density at radius 2 is 1.22 bits per heavy atom. The van der Waals surface area contributed by atoms with E-state index in [0.29, 0.717) is 6.07 Å². The van der Waals surface area contributed by atoms with Crippen LogP contribution in [0.4, 0.5) is 34.1 Å². The van der Waals surface area contributed by atoms with Crippen molar-refractivity contribution in [2.24, 2.45) is 25.4 Å². The van der Waals surface area contributed by atoms with Gasteiger partial charge in [-0.2, -0.15) is 43.8 Å². The maximum absolute atomic E-state index is 13.3. The van der Waals surface area contributed by atoms with E-state index in [4.69, 9.17) is 8.92 Å². The van der Waals surface area contributed by atoms with Gasteiger partial charge < -0.3 is 29.6 Å². The predicted octanol–water partition coefficient (Wildman–Crippen LogP) is 8.71. The number of carboxylic acids is 1. The molecule has 0 fully saturated rings. The fourth-order valence-electron chi connectivity index (χ4n) is 6.56. The van der Waals surface area contributed by atoms with Crippen molar-refractivity contribution in [3.05, 3.63) is 126 Å². The molecule has 0 atom stereocenters. The van der Waals surface area contributed by atoms with E-state index in [9.17, 15) is 67.4 Å². The Bertz CT molecular complexity index is 3830. The third-order valence-corrected chi connectivity index (χ3v) is 13.5. The molecule has 7 rings (SSSR count). The van der Waals surface area contributed by atoms with Crippen molar-refractivity contribution in [3.8, 4) is 17.2 Å². The molecule has 0 amide bonds. The van der Waals surface area contributed by atoms with Gasteiger partial charge >= 0.3 is 16.1 Å². The van der Waals surface area contributed by atoms with Crippen LogP contribution in [0.5, 0.6) is 17.2 Å². The summed E-state index contributed by atoms with van der Waals surface area (Å²) in [7, 11) is -18.7. The first-order valence-electron chi connectivity index (χ1n) is 19.1. The number of aliphatic imine (C=N–C) groups is 1. The molecule has 0 radical (unpaired) electrons. The molecule has 0 bridgehead atoms. The molecular weight excluding hydrogens is 989 g/mol. The van der Waals surface area contributed by atoms with Crippen molar-refractivity contribution >= 4 is 108 Å². The maximum atomic E-state index is 13.3. The first kappa shape index (κ1) is 49.0. The largest absolute Gasteiger partial charge is 0.505 e. The molecular formula is C42H32N6O17S4. The minimum atomic E-state index is -5.07. The first-order chi connectivity index (χ1) is 32.3. The lowest BCUT2D eigenvalue weighted by atomic mass is 10.1. The fraction of sp³-hybridized carbons (Fsp3) is 0.0476. The number of phenolic OH excluding ortho intramolecular Hbond substituents is 1. The predicted molar refractivity (Wildman–Crippen MR) is 246 cm³/mol. The number of carbonyl (C=O) groups is 1. The van der Waals surface area contributed by atoms with Crippen LogP contribution in [0.15, 0.2) is 160 Å². The van der Waals surface area contributed by atoms with Crippen LogP contribution in [-0.2, 0) is 40.5 Å². The molecule has 0 aliphatic heterocycles. The van der Waals surface area contributed by atoms with E-state index in [1.807, 2.05) is 0 Å². The molecule has 7 aromatic rings. The minimum Gasteiger partial charge on any atom is -0.505 e. The Morgan fingerprint density at radius 1 is 0.594 bits per heavy atom. The Labute approximate surface area is 390 Å². The van der Waals surface area contributed by atoms with Gasteiger partial charge in [0.15, 0.2) is 11.5 Å². The van der Waals surface area contributed by atoms with Crippen molar-refractivity contribution < 1.29 is 76.4 Å². The summed E-state index contributed by atoms with van der Waals surface area (Å²) < 4.78 is 141. The summed E-state index contributed by atoms with van der Waals surface area (Å²) in [6, 6.07) is 21.9. The van der Waals surface area contributed by atoms with E-state index in [0.717, 1.165) is 24.3 Å². The summed E-state index contributed by atoms with van der Waals surface area (Å²) in [4.78, 5) is 12.8. The summed E-state index contributed by atoms with van der Waals surface area (Å²) in [5.41, 5.74) is -1.22. The van der Waals surface area contributed by atoms with E-state index in [1.54, 1.807) is 0 Å². The number of amidine groups is 1. The lowest BCUT2D eigenvalue weighted by molar-refractivity contribution is 0.0697. The number of aromatic hydroxyl groups is 1. The number of rotatable bonds is 14. The van der Waals surface area contributed by atoms with Gasteiger partial charge in [0.25, 0.3) is 36.4 Å². The summed E-state index contributed by atoms with van der Waals surface area (Å²) in [6.07, 6.45) is 0. The zero-order valence-corrected chi connectivity index (χ0v) is 38.3. The number of phenols is 1. The van der Waals surface area contributed by atoms with Gasteiger partial charge in [-0.15, -0.1) is 15.3 Å². The molecule has 0 aliphatic rings. The number of carboxylic acid groups (broad SMARTS) is 1. The molecule has 7 aromatic carbocycles. The van der Waals surface area contributed by atoms with Crippen LogP contribution in [0.3, 0.4) is 0 Å². The van der Waals surface area contributed by atoms with Crippen LogP contribution in [-0.4, -0.2) is 81.7 Å². The fourth-order valence-corrected chi connectivity index (χ4v) is 9.24. The van der Waals surface area contributed by atoms with Gasteiger partial charge in [0.2, 0.25) is 0 Å². The van der Waals surface area contributed by atoms with Crippen LogP contribution in [0.1, 0.15) is 15.9 Å². The zero-order chi connectivity index (χ0) is 50.2. The topological polar surface area (TPSA) is 367 Å². The van der Waals surface area contributed by atoms with Gasteiger partial charge in [-0.1, -0.05) is 30.3 Å². The van der Waals surface area contributed by atoms with Gasteiger partial charge in [0.1, 0.15) is 32.6 Å². The van der Waals surface area contributed by atoms with Gasteiger partial charge in [-0.05, 0) is 96.1 Å². The van der Waals surface area contributed by atoms with Gasteiger partial charge in [-0.25, -0.2) is 4.79 Å². The number of fused-ring (bicyclic) bond motifs is 2. The van der Waals surface area contributed by atoms with Crippen molar-refractivity contribution in [1.29, 1.82) is 0 Å². The first-order valence-corrected chi connectivity index (χ1v) is 24.8. The molecule has 23 nitrogen and oxygen atoms in total. The Kier molecular flexibility index (Phi) is 13.2. The molecule has 0 unspecified atom stereocenters. The van der Waals surface area contributed by atoms with E-state index in [2.05, 4.69) is 30.8 Å². The van der Waals surface area contributed by atoms with E-state index in [-0.39, 0.29) is 66.1 Å². The number of hydrogen-bond donors (Lipinski definition) is 7. The third kappa shape index (κ3) is 10.8. The number of aliphatic hydroxyl groups excluding tert-OH is 1. The SMILES string of the molecule is COc1cc(N=Nc2cc(S(=O)(=O)O)cc3cc(S(=O)(=O)O)cc(OS(=O)(=O)c4ccccc4)c23)c(C)cc1N=C(O)Nc1ccc2c(O)c(N=Nc3ccccc3C(=O)O)c(S(=O)(=O)O)cc2c1. The molecule has 0 aliphatic carbocycles. The lowest BCUT2D eigenvalue weighted by Crippen LogP contribution is -2.11. The number of azo groups is 2. The molecule has 27 heteroatoms. The summed E-state index contributed by atoms with van der Waals surface area (Å²) in [5.74, 6) is -2.86. The smallest absolute Gasteiger partial charge is 0.339 e. The molecule has 356 valence electrons. The highest BCUT2D eigenvalue weighted by molar-refractivity contribution is 7.87. The maximum Gasteiger partial charge on any atom is 0.339 e. The van der Waals surface area contributed by atoms with Crippen LogP contribution >= 0.6 is 0 Å². The van der Waals surface area contributed by atoms with Gasteiger partial charge in [-0.3, -0.25) is 13.7 Å². The minimum absolute atomic E-state index is 0.00780. The molecule has 0 heterocycles. The molecule has 69 heavy (non-hydrogen) atoms. The average Bonchev–Trinajstić information content (AvgIpc) is 3.27. The van der Waals surface area contributed by atoms with Gasteiger partial charge in [0, 0.05) is 23.2 Å². The normalized spacial score (nSPS) is 12.8. The second kappa shape index (κ2) is 18.6. The molecule has 0 saturated heterocycles. The number of hydrogen-bond acceptors (Lipinski definition) is 17. The zero-order valence-electron chi connectivity index (χ0n) is 35.0. The Morgan fingerprint density at radius 3 is 1.86 bits per heavy atom. The van der Waals surface area contributed by atoms with Crippen molar-refractivity contribution in [3.63, 3.8) is 0 Å². The number of aryl methyl sites for hydroxylation is 1. The van der Waals surface area contributed by atoms with Crippen LogP contribution < -0.4 is 14.2 Å². The number of anilines is 1. The number of aromatic carboxylic acids is 1. The van der Waals surface area contributed by atoms with Crippen LogP contribution in [0.25, 0.3) is 21.5 Å². The highest BCUT2D eigenvalue weighted by Gasteiger charge is 2.26. The number of aliphatic hydroxyl groups is 1. The Hall–Kier alpha value is -7.92. The number of methoxy groups -OCH3 is 1. The highest BCUT2D eigenvalue weighted by atomic mass is 32.2. The van der Waals surface area contributed by atoms with Crippen molar-refractivity contribution in [2.75, 3.05) is 12.4 Å². The third-order valence-electron chi connectivity index (χ3n) is 9.73. The number of nitrogens with one attached hydrogen (secondary N) is 1. The quantitative estimate of drug-likeness (QED) is 0.0176. The number of ether oxygens (including phenoxy) is 1. The second-order valence-electron chi connectivity index (χ2n) is 14.3. The molecule has 7 N–H and O–H groups in total. The van der Waals surface area contributed by atoms with Crippen LogP contribution in [0, 0.1) is 6.92 Å². The van der Waals surface area contributed by atoms with E-state index in [1.165, 1.54) is 99.0 Å². The molecule has 0 spiro atoms. The van der Waals surface area contributed by atoms with E-state index >= 15 is 0 Å². The molecule has 0 aromatic heterocycles. The summed E-state index contributed by atoms with van der Waals surface area (Å²) >= 11 is 0. The van der Waals surface area contributed by atoms with Crippen LogP contribution in [0.2, 0.25) is 0 Å². The molecule has 0 saturated carbocycles. The highest BCUT2D eigenvalue weighted by Crippen LogP contribution is 2.44. The number of nitrogens with zero attached hydrogens (tertiary/aromatic N) is 5. The summed E-state index contributed by atoms with van der Waals surface area (Å²) in [5, 5.41) is 49.2. The average molecular weight is 1020 g/mol. The standard InChI is InChI=1S/C42H32N6O17S4/c1-22-14-33(44-42(52)43-25-12-13-29-23(15-25)18-37(68(59,60)61)39(40(29)49)48-45-31-11-7-6-10-30(31)41(50)51)35(64-2)21-32(22)46-47-34-19-27(66(53,54)55)16-24-17-28(67(56,57)58)20-36(38(24)34)65-69(62,63)26-8-4-3-5-9-26/h3-21,49H,1-2H3,(H,50,51)(H2,43,44,52)(H,53,54,55)(H,56,57,58)(H,59,60,61).